The Morgan fingerprint density at radius 2 is 0.864 bits per heavy atom. The maximum absolute atomic E-state index is 14.1. The molecule has 20 rings (SSSR count). The molecule has 2 unspecified atom stereocenters. The van der Waals surface area contributed by atoms with Gasteiger partial charge in [0.25, 0.3) is 25.4 Å². The molecule has 4 aliphatic heterocycles. The lowest BCUT2D eigenvalue weighted by Gasteiger charge is -2.27. The Kier molecular flexibility index (Phi) is 24.6. The van der Waals surface area contributed by atoms with Crippen molar-refractivity contribution in [2.45, 2.75) is 179 Å². The number of ether oxygens (including phenoxy) is 5. The van der Waals surface area contributed by atoms with Gasteiger partial charge in [0.2, 0.25) is 41.8 Å². The molecule has 0 bridgehead atoms. The third kappa shape index (κ3) is 18.1. The van der Waals surface area contributed by atoms with E-state index in [1.807, 2.05) is 110 Å². The zero-order valence-corrected chi connectivity index (χ0v) is 71.6. The van der Waals surface area contributed by atoms with Gasteiger partial charge in [0.05, 0.1) is 113 Å². The van der Waals surface area contributed by atoms with Crippen molar-refractivity contribution in [2.24, 2.45) is 22.7 Å². The molecule has 5 aromatic carbocycles. The molecule has 6 fully saturated rings. The topological polar surface area (TPSA) is 256 Å². The van der Waals surface area contributed by atoms with Crippen LogP contribution in [0.15, 0.2) is 158 Å². The summed E-state index contributed by atoms with van der Waals surface area (Å²) >= 11 is 1.63. The van der Waals surface area contributed by atoms with Crippen molar-refractivity contribution in [2.75, 3.05) is 38.3 Å². The van der Waals surface area contributed by atoms with Crippen LogP contribution in [0.5, 0.6) is 29.1 Å². The number of carbonyl (C=O) groups excluding carboxylic acids is 3. The molecule has 1 N–H and O–H groups in total. The zero-order valence-electron chi connectivity index (χ0n) is 69.5. The van der Waals surface area contributed by atoms with Crippen LogP contribution in [0.2, 0.25) is 0 Å². The number of aromatic nitrogens is 13. The molecule has 10 atom stereocenters. The number of amides is 3. The van der Waals surface area contributed by atoms with E-state index in [0.717, 1.165) is 112 Å². The summed E-state index contributed by atoms with van der Waals surface area (Å²) in [5.41, 5.74) is 14.3. The number of pyridine rings is 3. The van der Waals surface area contributed by atoms with Crippen LogP contribution in [0.1, 0.15) is 157 Å². The quantitative estimate of drug-likeness (QED) is 0.0300. The zero-order chi connectivity index (χ0) is 87.3. The van der Waals surface area contributed by atoms with Gasteiger partial charge in [-0.05, 0) is 168 Å². The second-order valence-corrected chi connectivity index (χ2v) is 33.8. The monoisotopic (exact) mass is 1830 g/mol. The van der Waals surface area contributed by atoms with Gasteiger partial charge in [-0.3, -0.25) is 19.4 Å². The van der Waals surface area contributed by atoms with E-state index in [0.29, 0.717) is 123 Å². The van der Waals surface area contributed by atoms with Crippen LogP contribution in [0.4, 0.5) is 35.1 Å². The first-order valence-corrected chi connectivity index (χ1v) is 43.4. The molecular formula is C91H92F8IN17O8. The molecule has 0 spiro atoms. The molecule has 34 heteroatoms. The molecule has 7 aliphatic rings. The number of aliphatic imine (C=N–C) groups is 1. The fourth-order valence-electron chi connectivity index (χ4n) is 16.7. The van der Waals surface area contributed by atoms with Crippen LogP contribution in [0.25, 0.3) is 88.7 Å². The molecule has 8 aromatic heterocycles. The van der Waals surface area contributed by atoms with Crippen LogP contribution in [0.3, 0.4) is 0 Å². The first-order chi connectivity index (χ1) is 60.3. The third-order valence-corrected chi connectivity index (χ3v) is 25.2. The van der Waals surface area contributed by atoms with Crippen molar-refractivity contribution in [3.8, 4) is 62.9 Å². The largest absolute Gasteiger partial charge is 0.497 e. The lowest BCUT2D eigenvalue weighted by Crippen LogP contribution is -2.31. The Morgan fingerprint density at radius 3 is 1.22 bits per heavy atom. The van der Waals surface area contributed by atoms with Gasteiger partial charge in [-0.2, -0.15) is 10.2 Å². The van der Waals surface area contributed by atoms with Crippen LogP contribution >= 0.6 is 22.6 Å². The molecule has 0 radical (unpaired) electrons. The first kappa shape index (κ1) is 85.3. The van der Waals surface area contributed by atoms with E-state index in [-0.39, 0.29) is 81.3 Å². The van der Waals surface area contributed by atoms with Crippen LogP contribution < -0.4 is 29.0 Å². The lowest BCUT2D eigenvalue weighted by molar-refractivity contribution is -0.130. The van der Waals surface area contributed by atoms with Gasteiger partial charge in [0.1, 0.15) is 46.4 Å². The number of nitrogens with one attached hydrogen (secondary N) is 1. The van der Waals surface area contributed by atoms with Crippen molar-refractivity contribution < 1.29 is 73.2 Å². The predicted molar refractivity (Wildman–Crippen MR) is 463 cm³/mol. The Labute approximate surface area is 727 Å². The van der Waals surface area contributed by atoms with E-state index >= 15 is 0 Å². The molecule has 3 saturated heterocycles. The van der Waals surface area contributed by atoms with Crippen molar-refractivity contribution in [3.05, 3.63) is 175 Å². The Hall–Kier alpha value is -11.9. The average Bonchev–Trinajstić information content (AvgIpc) is 1.62. The van der Waals surface area contributed by atoms with Crippen molar-refractivity contribution in [3.63, 3.8) is 0 Å². The fraction of sp³-hybridized carbons (Fsp3) is 0.407. The molecule has 3 saturated carbocycles. The van der Waals surface area contributed by atoms with Gasteiger partial charge in [-0.25, -0.2) is 74.4 Å². The second-order valence-electron chi connectivity index (χ2n) is 32.9. The van der Waals surface area contributed by atoms with Gasteiger partial charge >= 0.3 is 0 Å². The summed E-state index contributed by atoms with van der Waals surface area (Å²) in [6, 6.07) is 38.8. The Bertz CT molecular complexity index is 6170. The number of carbonyl (C=O) groups is 3. The van der Waals surface area contributed by atoms with E-state index in [2.05, 4.69) is 82.3 Å². The fourth-order valence-corrected chi connectivity index (χ4v) is 16.7. The van der Waals surface area contributed by atoms with E-state index < -0.39 is 31.9 Å². The Balaban J connectivity index is 0.000000130. The SMILES string of the molecule is COc1ccc([C@@H](C)N2C[C@H]([C@@H](C)Oc3nc(-c4ccc5c(c4)C=NC5)cc4ncn(C5CC5)c34)CC2=O)cc1.COc1ccc([C@@H](C)N2C[C@H]([C@@H](C)Oc3nc(-c4ccc5c(cnn5C(F)C(F)F)c4)cc4ncn(C5CC5)c34)CC2=O)cc1.C[C@@H](Oc1nc(-c2ccc3c(cnn3C(F)C(F)F)c2)cc2ncn(C3CC3)c12)[C@H]1CNC(=O)C1.FC(F)CI. The summed E-state index contributed by atoms with van der Waals surface area (Å²) in [7, 11) is 3.28. The van der Waals surface area contributed by atoms with Gasteiger partial charge in [-0.15, -0.1) is 0 Å². The van der Waals surface area contributed by atoms with Crippen molar-refractivity contribution >= 4 is 101 Å². The second kappa shape index (κ2) is 36.0. The standard InChI is InChI=1S/C33H33F3N6O3.C32H33N5O3.C24H23F3N6O2.C2H3F2I/c1-18(20-4-9-25(44-3)10-5-20)40-16-23(13-29(40)43)19(2)45-33-30-27(37-17-41(30)24-7-8-24)14-26(39-33)21-6-11-28-22(12-21)15-38-42(28)32(36)31(34)35;1-19(21-6-10-27(39-3)11-7-21)36-17-25(13-30(36)38)20(2)40-32-31-29(34-18-37(31)26-8-9-26)14-28(35-32)22-4-5-23-15-33-16-24(23)12-22;1-12(14-7-20(34)28-9-14)35-24-21-18(29-11-32(21)16-3-4-16)8-17(31-24)13-2-5-19-15(6-13)10-30-33(19)23(27)22(25)26;3-2(4)1-5/h4-6,9-12,14-15,17-19,23-24,31-32H,7-8,13,16H2,1-3H3;4-7,10-12,14,16,18-20,25-26H,8-9,13,15,17H2,1-3H3;2,5-6,8,10-12,14,16,22-23H,3-4,7,9H2,1H3,(H,28,34);2H,1H2/t18-,19-,23-,32?;19-,20-,25-;12-,14-,23?;/m111./s1. The van der Waals surface area contributed by atoms with Gasteiger partial charge in [0, 0.05) is 108 Å². The summed E-state index contributed by atoms with van der Waals surface area (Å²) in [6.07, 6.45) is 3.59. The number of alkyl halides is 9. The summed E-state index contributed by atoms with van der Waals surface area (Å²) in [4.78, 5) is 75.0. The smallest absolute Gasteiger partial charge is 0.289 e. The highest BCUT2D eigenvalue weighted by molar-refractivity contribution is 14.1. The number of hydrogen-bond donors (Lipinski definition) is 1. The van der Waals surface area contributed by atoms with Crippen molar-refractivity contribution in [1.29, 1.82) is 0 Å². The number of fused-ring (bicyclic) bond motifs is 6. The summed E-state index contributed by atoms with van der Waals surface area (Å²) in [5.74, 6) is 3.29. The molecule has 13 aromatic rings. The molecule has 125 heavy (non-hydrogen) atoms. The number of nitrogens with zero attached hydrogens (tertiary/aromatic N) is 16. The van der Waals surface area contributed by atoms with Gasteiger partial charge in [-0.1, -0.05) is 71.1 Å². The summed E-state index contributed by atoms with van der Waals surface area (Å²) in [6.45, 7) is 12.5. The minimum atomic E-state index is -3.19. The third-order valence-electron chi connectivity index (χ3n) is 24.5. The molecule has 25 nitrogen and oxygen atoms in total. The summed E-state index contributed by atoms with van der Waals surface area (Å²) < 4.78 is 139. The highest BCUT2D eigenvalue weighted by atomic mass is 127. The highest BCUT2D eigenvalue weighted by Gasteiger charge is 2.41. The predicted octanol–water partition coefficient (Wildman–Crippen LogP) is 18.8. The van der Waals surface area contributed by atoms with Gasteiger partial charge < -0.3 is 52.5 Å². The first-order valence-electron chi connectivity index (χ1n) is 41.9. The van der Waals surface area contributed by atoms with E-state index in [9.17, 15) is 49.5 Å². The number of methoxy groups -OCH3 is 2. The number of likely N-dealkylation sites (tertiary alicyclic amines) is 2. The number of halogens is 9. The molecule has 12 heterocycles. The van der Waals surface area contributed by atoms with E-state index in [1.165, 1.54) is 18.0 Å². The lowest BCUT2D eigenvalue weighted by atomic mass is 10.0. The molecule has 3 aliphatic carbocycles. The van der Waals surface area contributed by atoms with Crippen molar-refractivity contribution in [1.82, 2.24) is 78.3 Å². The number of rotatable bonds is 26. The van der Waals surface area contributed by atoms with Crippen LogP contribution in [-0.4, -0.2) is 173 Å². The van der Waals surface area contributed by atoms with E-state index in [4.69, 9.17) is 43.6 Å². The maximum Gasteiger partial charge on any atom is 0.289 e. The van der Waals surface area contributed by atoms with E-state index in [1.54, 1.807) is 79.5 Å². The number of hydrogen-bond acceptors (Lipinski definition) is 17. The molecular weight excluding hydrogens is 1740 g/mol. The normalized spacial score (nSPS) is 19.2. The number of imidazole rings is 3. The molecule has 652 valence electrons. The van der Waals surface area contributed by atoms with Gasteiger partial charge in [0.15, 0.2) is 0 Å². The minimum absolute atomic E-state index is 0.0107. The average molecular weight is 1830 g/mol. The molecule has 3 amide bonds. The highest BCUT2D eigenvalue weighted by Crippen LogP contribution is 2.46. The van der Waals surface area contributed by atoms with Crippen LogP contribution in [0, 0.1) is 17.8 Å². The number of benzene rings is 5. The maximum atomic E-state index is 14.1. The summed E-state index contributed by atoms with van der Waals surface area (Å²) in [5, 5.41) is 11.5. The van der Waals surface area contributed by atoms with Crippen LogP contribution in [-0.2, 0) is 20.9 Å². The Morgan fingerprint density at radius 1 is 0.480 bits per heavy atom. The minimum Gasteiger partial charge on any atom is -0.497 e.